The van der Waals surface area contributed by atoms with Crippen LogP contribution in [0.25, 0.3) is 5.76 Å². The number of phenolic OH excluding ortho intramolecular Hbond substituents is 1. The Kier molecular flexibility index (Phi) is 6.99. The van der Waals surface area contributed by atoms with Gasteiger partial charge in [-0.05, 0) is 12.1 Å². The van der Waals surface area contributed by atoms with Gasteiger partial charge < -0.3 is 24.5 Å². The minimum absolute atomic E-state index is 0. The number of ether oxygens (including phenoxy) is 2. The summed E-state index contributed by atoms with van der Waals surface area (Å²) in [5.41, 5.74) is -0.556. The van der Waals surface area contributed by atoms with Gasteiger partial charge in [0, 0.05) is 19.8 Å². The van der Waals surface area contributed by atoms with Gasteiger partial charge in [0.1, 0.15) is 17.3 Å². The van der Waals surface area contributed by atoms with Crippen molar-refractivity contribution in [1.82, 2.24) is 0 Å². The monoisotopic (exact) mass is 378 g/mol. The minimum atomic E-state index is -4.96. The summed E-state index contributed by atoms with van der Waals surface area (Å²) in [6.07, 6.45) is 3.40. The molecule has 130 valence electrons. The summed E-state index contributed by atoms with van der Waals surface area (Å²) in [7, 11) is -2.80. The van der Waals surface area contributed by atoms with E-state index in [-0.39, 0.29) is 40.9 Å². The summed E-state index contributed by atoms with van der Waals surface area (Å²) in [5, 5.41) is 17.8. The molecule has 0 fully saturated rings. The van der Waals surface area contributed by atoms with Crippen LogP contribution in [0.1, 0.15) is 5.56 Å². The molecule has 0 aliphatic heterocycles. The fourth-order valence-electron chi connectivity index (χ4n) is 2.38. The zero-order chi connectivity index (χ0) is 18.1. The van der Waals surface area contributed by atoms with Crippen molar-refractivity contribution in [2.75, 3.05) is 14.2 Å². The van der Waals surface area contributed by atoms with E-state index in [1.54, 1.807) is 0 Å². The third-order valence-corrected chi connectivity index (χ3v) is 4.71. The quantitative estimate of drug-likeness (QED) is 0.135. The average molecular weight is 378 g/mol. The number of rotatable bonds is 4. The fraction of sp³-hybridized carbons (Fsp3) is 0.267. The van der Waals surface area contributed by atoms with Gasteiger partial charge in [0.15, 0.2) is 5.25 Å². The molecule has 25 heavy (non-hydrogen) atoms. The average Bonchev–Trinajstić information content (AvgIpc) is 2.53. The standard InChI is InChI=1S/C15H15O8S.Na/c1-22-15(23-2)8-7-10(13(18)14(15)24(19,20)21)12(17)9-5-3-4-6-11(9)16;/h3-7,14,16-17H,1-2H3,(H,19,20,21);/q-1;+1. The Balaban J connectivity index is 0.00000312. The number of carbonyl (C=O) groups excluding carboxylic acids is 1. The number of ketones is 1. The molecule has 0 aromatic heterocycles. The SMILES string of the molecule is COC1(OC)[C-]=CC(=C(O)c2ccccc2O)C(=O)C1S(=O)(=O)O.[Na+]. The van der Waals surface area contributed by atoms with Gasteiger partial charge >= 0.3 is 29.6 Å². The third-order valence-electron chi connectivity index (χ3n) is 3.59. The van der Waals surface area contributed by atoms with Gasteiger partial charge in [0.25, 0.3) is 10.1 Å². The minimum Gasteiger partial charge on any atom is -0.525 e. The van der Waals surface area contributed by atoms with E-state index in [0.29, 0.717) is 0 Å². The molecule has 0 heterocycles. The van der Waals surface area contributed by atoms with E-state index in [1.165, 1.54) is 24.3 Å². The number of allylic oxidation sites excluding steroid dienone is 2. The number of methoxy groups -OCH3 is 2. The topological polar surface area (TPSA) is 130 Å². The first-order chi connectivity index (χ1) is 11.2. The second kappa shape index (κ2) is 8.00. The predicted octanol–water partition coefficient (Wildman–Crippen LogP) is -2.15. The van der Waals surface area contributed by atoms with E-state index in [0.717, 1.165) is 20.3 Å². The van der Waals surface area contributed by atoms with Gasteiger partial charge in [-0.3, -0.25) is 4.55 Å². The van der Waals surface area contributed by atoms with Gasteiger partial charge in [0.2, 0.25) is 0 Å². The van der Waals surface area contributed by atoms with Crippen LogP contribution in [0.3, 0.4) is 0 Å². The first kappa shape index (κ1) is 21.8. The molecule has 0 radical (unpaired) electrons. The van der Waals surface area contributed by atoms with Crippen molar-refractivity contribution in [3.05, 3.63) is 47.6 Å². The van der Waals surface area contributed by atoms with Gasteiger partial charge in [-0.1, -0.05) is 17.7 Å². The van der Waals surface area contributed by atoms with Crippen LogP contribution < -0.4 is 29.6 Å². The van der Waals surface area contributed by atoms with Crippen LogP contribution in [0.15, 0.2) is 35.9 Å². The van der Waals surface area contributed by atoms with E-state index < -0.39 is 38.3 Å². The van der Waals surface area contributed by atoms with Crippen molar-refractivity contribution in [2.45, 2.75) is 11.0 Å². The Morgan fingerprint density at radius 1 is 1.24 bits per heavy atom. The van der Waals surface area contributed by atoms with Crippen molar-refractivity contribution in [2.24, 2.45) is 0 Å². The fourth-order valence-corrected chi connectivity index (χ4v) is 3.43. The van der Waals surface area contributed by atoms with Crippen LogP contribution in [-0.2, 0) is 24.4 Å². The third kappa shape index (κ3) is 3.98. The molecule has 0 saturated carbocycles. The Bertz CT molecular complexity index is 824. The van der Waals surface area contributed by atoms with Crippen LogP contribution in [0.5, 0.6) is 5.75 Å². The first-order valence-corrected chi connectivity index (χ1v) is 8.11. The molecule has 1 atom stereocenters. The van der Waals surface area contributed by atoms with Gasteiger partial charge in [0.05, 0.1) is 5.76 Å². The number of para-hydroxylation sites is 1. The van der Waals surface area contributed by atoms with Crippen LogP contribution in [0, 0.1) is 6.08 Å². The Hall–Kier alpha value is -1.20. The number of aliphatic hydroxyl groups excluding tert-OH is 1. The largest absolute Gasteiger partial charge is 1.00 e. The van der Waals surface area contributed by atoms with Crippen LogP contribution in [-0.4, -0.2) is 54.2 Å². The zero-order valence-corrected chi connectivity index (χ0v) is 16.6. The van der Waals surface area contributed by atoms with Crippen molar-refractivity contribution < 1.29 is 67.0 Å². The maximum Gasteiger partial charge on any atom is 1.00 e. The molecule has 1 unspecified atom stereocenters. The molecule has 3 N–H and O–H groups in total. The van der Waals surface area contributed by atoms with E-state index in [1.807, 2.05) is 0 Å². The molecular formula is C15H15NaO8S. The Morgan fingerprint density at radius 2 is 1.80 bits per heavy atom. The maximum atomic E-state index is 12.6. The number of aromatic hydroxyl groups is 1. The summed E-state index contributed by atoms with van der Waals surface area (Å²) in [6, 6.07) is 5.61. The van der Waals surface area contributed by atoms with Crippen molar-refractivity contribution in [3.8, 4) is 5.75 Å². The molecule has 0 saturated heterocycles. The normalized spacial score (nSPS) is 21.6. The number of carbonyl (C=O) groups is 1. The van der Waals surface area contributed by atoms with Gasteiger partial charge in [-0.15, -0.1) is 0 Å². The maximum absolute atomic E-state index is 12.6. The number of benzene rings is 1. The second-order valence-corrected chi connectivity index (χ2v) is 6.40. The van der Waals surface area contributed by atoms with Crippen molar-refractivity contribution in [3.63, 3.8) is 0 Å². The molecule has 1 aliphatic carbocycles. The Labute approximate surface area is 166 Å². The van der Waals surface area contributed by atoms with E-state index in [9.17, 15) is 28.0 Å². The van der Waals surface area contributed by atoms with Crippen LogP contribution >= 0.6 is 0 Å². The summed E-state index contributed by atoms with van der Waals surface area (Å²) < 4.78 is 42.6. The number of phenols is 1. The molecule has 8 nitrogen and oxygen atoms in total. The molecule has 1 aliphatic rings. The van der Waals surface area contributed by atoms with Crippen LogP contribution in [0.2, 0.25) is 0 Å². The molecule has 0 amide bonds. The van der Waals surface area contributed by atoms with E-state index >= 15 is 0 Å². The smallest absolute Gasteiger partial charge is 0.525 e. The molecule has 10 heteroatoms. The molecular weight excluding hydrogens is 363 g/mol. The Morgan fingerprint density at radius 3 is 2.28 bits per heavy atom. The van der Waals surface area contributed by atoms with Crippen LogP contribution in [0.4, 0.5) is 0 Å². The molecule has 0 bridgehead atoms. The molecule has 1 aromatic rings. The van der Waals surface area contributed by atoms with E-state index in [2.05, 4.69) is 6.08 Å². The van der Waals surface area contributed by atoms with Crippen molar-refractivity contribution >= 4 is 21.7 Å². The number of aliphatic hydroxyl groups is 1. The van der Waals surface area contributed by atoms with Crippen molar-refractivity contribution in [1.29, 1.82) is 0 Å². The summed E-state index contributed by atoms with van der Waals surface area (Å²) in [4.78, 5) is 12.6. The zero-order valence-electron chi connectivity index (χ0n) is 13.8. The summed E-state index contributed by atoms with van der Waals surface area (Å²) >= 11 is 0. The number of Topliss-reactive ketones (excluding diaryl/α,β-unsaturated/α-hetero) is 1. The summed E-state index contributed by atoms with van der Waals surface area (Å²) in [5.74, 6) is -4.31. The molecule has 0 spiro atoms. The second-order valence-electron chi connectivity index (χ2n) is 4.90. The number of hydrogen-bond acceptors (Lipinski definition) is 7. The molecule has 2 rings (SSSR count). The number of hydrogen-bond donors (Lipinski definition) is 3. The first-order valence-electron chi connectivity index (χ1n) is 6.61. The van der Waals surface area contributed by atoms with E-state index in [4.69, 9.17) is 9.47 Å². The van der Waals surface area contributed by atoms with Gasteiger partial charge in [-0.25, -0.2) is 12.2 Å². The van der Waals surface area contributed by atoms with Gasteiger partial charge in [-0.2, -0.15) is 8.42 Å². The molecule has 1 aromatic carbocycles. The summed E-state index contributed by atoms with van der Waals surface area (Å²) in [6.45, 7) is 0. The predicted molar refractivity (Wildman–Crippen MR) is 82.6 cm³/mol.